The number of hydrogen-bond acceptors (Lipinski definition) is 4. The Hall–Kier alpha value is -1.92. The fraction of sp³-hybridized carbons (Fsp3) is 0.400. The summed E-state index contributed by atoms with van der Waals surface area (Å²) in [6.45, 7) is 5.97. The van der Waals surface area contributed by atoms with Crippen molar-refractivity contribution in [1.82, 2.24) is 19.6 Å². The minimum absolute atomic E-state index is 0. The largest absolute Gasteiger partial charge is 0.333 e. The molecule has 0 spiro atoms. The fourth-order valence-corrected chi connectivity index (χ4v) is 2.63. The highest BCUT2D eigenvalue weighted by molar-refractivity contribution is 5.94. The third-order valence-electron chi connectivity index (χ3n) is 3.84. The van der Waals surface area contributed by atoms with E-state index in [1.807, 2.05) is 19.9 Å². The van der Waals surface area contributed by atoms with Gasteiger partial charge in [-0.15, -0.1) is 12.4 Å². The molecular formula is C15H19ClN4O2. The number of amides is 1. The standard InChI is InChI=1S/C15H18N4O2.ClH/c1-10-3-4-13-17-8-12(15(21)19(13)9-10)14(20)18-6-5-16-7-11(18)2;/h3-4,8-9,11,16H,5-7H2,1-2H3;1H. The van der Waals surface area contributed by atoms with Crippen LogP contribution in [0.15, 0.2) is 29.3 Å². The summed E-state index contributed by atoms with van der Waals surface area (Å²) in [6, 6.07) is 3.74. The molecule has 1 unspecified atom stereocenters. The second-order valence-electron chi connectivity index (χ2n) is 5.46. The molecule has 0 aromatic carbocycles. The molecule has 1 saturated heterocycles. The molecule has 1 aliphatic rings. The van der Waals surface area contributed by atoms with Gasteiger partial charge in [0.05, 0.1) is 0 Å². The van der Waals surface area contributed by atoms with Crippen molar-refractivity contribution in [3.05, 3.63) is 46.0 Å². The van der Waals surface area contributed by atoms with E-state index in [9.17, 15) is 9.59 Å². The van der Waals surface area contributed by atoms with Gasteiger partial charge in [-0.25, -0.2) is 4.98 Å². The highest BCUT2D eigenvalue weighted by Crippen LogP contribution is 2.08. The summed E-state index contributed by atoms with van der Waals surface area (Å²) in [5, 5.41) is 3.23. The van der Waals surface area contributed by atoms with Crippen LogP contribution >= 0.6 is 12.4 Å². The monoisotopic (exact) mass is 322 g/mol. The summed E-state index contributed by atoms with van der Waals surface area (Å²) in [4.78, 5) is 31.1. The number of hydrogen-bond donors (Lipinski definition) is 1. The van der Waals surface area contributed by atoms with Gasteiger partial charge in [0.1, 0.15) is 11.2 Å². The predicted molar refractivity (Wildman–Crippen MR) is 86.8 cm³/mol. The normalized spacial score (nSPS) is 18.1. The van der Waals surface area contributed by atoms with Gasteiger partial charge in [0.15, 0.2) is 0 Å². The van der Waals surface area contributed by atoms with Gasteiger partial charge in [-0.05, 0) is 25.5 Å². The van der Waals surface area contributed by atoms with Gasteiger partial charge in [-0.3, -0.25) is 14.0 Å². The smallest absolute Gasteiger partial charge is 0.270 e. The third kappa shape index (κ3) is 2.84. The van der Waals surface area contributed by atoms with E-state index in [0.717, 1.165) is 18.7 Å². The van der Waals surface area contributed by atoms with E-state index in [-0.39, 0.29) is 35.5 Å². The van der Waals surface area contributed by atoms with Crippen LogP contribution in [0.3, 0.4) is 0 Å². The Morgan fingerprint density at radius 1 is 1.41 bits per heavy atom. The van der Waals surface area contributed by atoms with E-state index in [0.29, 0.717) is 12.2 Å². The van der Waals surface area contributed by atoms with Gasteiger partial charge in [-0.1, -0.05) is 6.07 Å². The van der Waals surface area contributed by atoms with E-state index in [2.05, 4.69) is 10.3 Å². The Labute approximate surface area is 134 Å². The van der Waals surface area contributed by atoms with Crippen LogP contribution in [0.5, 0.6) is 0 Å². The lowest BCUT2D eigenvalue weighted by Crippen LogP contribution is -2.53. The number of carbonyl (C=O) groups is 1. The van der Waals surface area contributed by atoms with Gasteiger partial charge in [0.2, 0.25) is 0 Å². The summed E-state index contributed by atoms with van der Waals surface area (Å²) in [7, 11) is 0. The SMILES string of the molecule is Cc1ccc2ncc(C(=O)N3CCNCC3C)c(=O)n2c1.Cl. The first-order valence-corrected chi connectivity index (χ1v) is 7.07. The lowest BCUT2D eigenvalue weighted by atomic mass is 10.1. The molecule has 1 fully saturated rings. The molecule has 1 N–H and O–H groups in total. The minimum Gasteiger partial charge on any atom is -0.333 e. The van der Waals surface area contributed by atoms with Crippen molar-refractivity contribution in [1.29, 1.82) is 0 Å². The number of rotatable bonds is 1. The van der Waals surface area contributed by atoms with Crippen molar-refractivity contribution in [2.24, 2.45) is 0 Å². The number of aryl methyl sites for hydroxylation is 1. The van der Waals surface area contributed by atoms with Crippen LogP contribution < -0.4 is 10.9 Å². The maximum absolute atomic E-state index is 12.6. The summed E-state index contributed by atoms with van der Waals surface area (Å²) in [6.07, 6.45) is 3.10. The van der Waals surface area contributed by atoms with Crippen LogP contribution in [-0.2, 0) is 0 Å². The maximum Gasteiger partial charge on any atom is 0.270 e. The van der Waals surface area contributed by atoms with E-state index < -0.39 is 0 Å². The topological polar surface area (TPSA) is 66.7 Å². The average Bonchev–Trinajstić information content (AvgIpc) is 2.48. The zero-order chi connectivity index (χ0) is 15.0. The molecule has 1 amide bonds. The van der Waals surface area contributed by atoms with Crippen LogP contribution in [0.4, 0.5) is 0 Å². The minimum atomic E-state index is -0.306. The molecule has 0 radical (unpaired) electrons. The van der Waals surface area contributed by atoms with Crippen LogP contribution in [0.1, 0.15) is 22.8 Å². The molecule has 6 nitrogen and oxygen atoms in total. The number of halogens is 1. The summed E-state index contributed by atoms with van der Waals surface area (Å²) >= 11 is 0. The van der Waals surface area contributed by atoms with Gasteiger partial charge in [0.25, 0.3) is 11.5 Å². The molecule has 1 atom stereocenters. The summed E-state index contributed by atoms with van der Waals surface area (Å²) in [5.74, 6) is -0.239. The number of aromatic nitrogens is 2. The second-order valence-corrected chi connectivity index (χ2v) is 5.46. The number of nitrogens with zero attached hydrogens (tertiary/aromatic N) is 3. The lowest BCUT2D eigenvalue weighted by Gasteiger charge is -2.33. The second kappa shape index (κ2) is 6.46. The predicted octanol–water partition coefficient (Wildman–Crippen LogP) is 0.859. The molecular weight excluding hydrogens is 304 g/mol. The highest BCUT2D eigenvalue weighted by atomic mass is 35.5. The molecule has 0 saturated carbocycles. The first-order chi connectivity index (χ1) is 10.1. The van der Waals surface area contributed by atoms with Crippen LogP contribution in [0.25, 0.3) is 5.65 Å². The molecule has 22 heavy (non-hydrogen) atoms. The van der Waals surface area contributed by atoms with Crippen LogP contribution in [-0.4, -0.2) is 45.9 Å². The summed E-state index contributed by atoms with van der Waals surface area (Å²) < 4.78 is 1.44. The molecule has 0 bridgehead atoms. The van der Waals surface area contributed by atoms with Gasteiger partial charge >= 0.3 is 0 Å². The summed E-state index contributed by atoms with van der Waals surface area (Å²) in [5.41, 5.74) is 1.33. The van der Waals surface area contributed by atoms with Crippen molar-refractivity contribution in [3.8, 4) is 0 Å². The van der Waals surface area contributed by atoms with Gasteiger partial charge in [-0.2, -0.15) is 0 Å². The third-order valence-corrected chi connectivity index (χ3v) is 3.84. The average molecular weight is 323 g/mol. The Kier molecular flexibility index (Phi) is 4.83. The number of piperazine rings is 1. The lowest BCUT2D eigenvalue weighted by molar-refractivity contribution is 0.0653. The van der Waals surface area contributed by atoms with E-state index in [1.165, 1.54) is 10.6 Å². The first kappa shape index (κ1) is 16.5. The quantitative estimate of drug-likeness (QED) is 0.845. The zero-order valence-electron chi connectivity index (χ0n) is 12.6. The first-order valence-electron chi connectivity index (χ1n) is 7.07. The van der Waals surface area contributed by atoms with E-state index in [1.54, 1.807) is 17.2 Å². The number of carbonyl (C=O) groups excluding carboxylic acids is 1. The maximum atomic E-state index is 12.6. The Morgan fingerprint density at radius 2 is 2.18 bits per heavy atom. The van der Waals surface area contributed by atoms with Crippen molar-refractivity contribution in [2.45, 2.75) is 19.9 Å². The van der Waals surface area contributed by atoms with Crippen molar-refractivity contribution < 1.29 is 4.79 Å². The molecule has 3 heterocycles. The van der Waals surface area contributed by atoms with Crippen LogP contribution in [0.2, 0.25) is 0 Å². The van der Waals surface area contributed by atoms with Crippen molar-refractivity contribution in [3.63, 3.8) is 0 Å². The number of nitrogens with one attached hydrogen (secondary N) is 1. The van der Waals surface area contributed by atoms with Gasteiger partial charge in [0, 0.05) is 38.1 Å². The highest BCUT2D eigenvalue weighted by Gasteiger charge is 2.26. The molecule has 7 heteroatoms. The number of fused-ring (bicyclic) bond motifs is 1. The Balaban J connectivity index is 0.00000176. The fourth-order valence-electron chi connectivity index (χ4n) is 2.63. The van der Waals surface area contributed by atoms with Crippen molar-refractivity contribution in [2.75, 3.05) is 19.6 Å². The molecule has 118 valence electrons. The van der Waals surface area contributed by atoms with Crippen LogP contribution in [0, 0.1) is 6.92 Å². The molecule has 0 aliphatic carbocycles. The van der Waals surface area contributed by atoms with E-state index in [4.69, 9.17) is 0 Å². The van der Waals surface area contributed by atoms with E-state index >= 15 is 0 Å². The molecule has 2 aromatic rings. The number of pyridine rings is 1. The Morgan fingerprint density at radius 3 is 2.91 bits per heavy atom. The van der Waals surface area contributed by atoms with Crippen molar-refractivity contribution >= 4 is 24.0 Å². The molecule has 3 rings (SSSR count). The Bertz CT molecular complexity index is 759. The molecule has 2 aromatic heterocycles. The molecule has 1 aliphatic heterocycles. The zero-order valence-corrected chi connectivity index (χ0v) is 13.4. The van der Waals surface area contributed by atoms with Gasteiger partial charge < -0.3 is 10.2 Å².